The number of nitrogens with two attached hydrogens (primary N) is 1. The van der Waals surface area contributed by atoms with E-state index in [1.807, 2.05) is 6.92 Å². The summed E-state index contributed by atoms with van der Waals surface area (Å²) in [4.78, 5) is 15.8. The Balaban J connectivity index is 2.47. The molecule has 1 heterocycles. The lowest BCUT2D eigenvalue weighted by Gasteiger charge is -2.08. The summed E-state index contributed by atoms with van der Waals surface area (Å²) in [6.07, 6.45) is 3.35. The van der Waals surface area contributed by atoms with Gasteiger partial charge in [-0.25, -0.2) is 4.98 Å². The Morgan fingerprint density at radius 1 is 1.65 bits per heavy atom. The monoisotopic (exact) mass is 237 g/mol. The molecule has 0 bridgehead atoms. The van der Waals surface area contributed by atoms with E-state index in [0.29, 0.717) is 18.0 Å². The fourth-order valence-electron chi connectivity index (χ4n) is 1.45. The average molecular weight is 237 g/mol. The second kappa shape index (κ2) is 6.85. The van der Waals surface area contributed by atoms with Crippen molar-refractivity contribution in [2.45, 2.75) is 25.8 Å². The maximum Gasteiger partial charge on any atom is 0.256 e. The number of hydrogen-bond acceptors (Lipinski definition) is 4. The lowest BCUT2D eigenvalue weighted by molar-refractivity contribution is 0.0949. The second-order valence-electron chi connectivity index (χ2n) is 3.94. The first-order valence-corrected chi connectivity index (χ1v) is 5.68. The van der Waals surface area contributed by atoms with Gasteiger partial charge in [0.05, 0.1) is 7.11 Å². The number of hydrogen-bond donors (Lipinski definition) is 2. The zero-order valence-corrected chi connectivity index (χ0v) is 10.3. The van der Waals surface area contributed by atoms with Crippen LogP contribution in [-0.4, -0.2) is 30.6 Å². The van der Waals surface area contributed by atoms with E-state index in [1.54, 1.807) is 18.3 Å². The highest BCUT2D eigenvalue weighted by Crippen LogP contribution is 2.12. The van der Waals surface area contributed by atoms with E-state index in [0.717, 1.165) is 12.8 Å². The van der Waals surface area contributed by atoms with Crippen molar-refractivity contribution in [3.05, 3.63) is 23.9 Å². The Bertz CT molecular complexity index is 367. The van der Waals surface area contributed by atoms with Crippen molar-refractivity contribution in [3.8, 4) is 5.88 Å². The number of amides is 1. The number of nitrogens with zero attached hydrogens (tertiary/aromatic N) is 1. The van der Waals surface area contributed by atoms with Crippen LogP contribution in [0.3, 0.4) is 0 Å². The summed E-state index contributed by atoms with van der Waals surface area (Å²) in [5.41, 5.74) is 6.08. The minimum absolute atomic E-state index is 0.167. The number of ether oxygens (including phenoxy) is 1. The van der Waals surface area contributed by atoms with Crippen LogP contribution in [0.4, 0.5) is 0 Å². The van der Waals surface area contributed by atoms with E-state index in [9.17, 15) is 4.79 Å². The molecule has 0 spiro atoms. The molecule has 0 saturated carbocycles. The Hall–Kier alpha value is -1.62. The SMILES string of the molecule is COc1ncccc1C(=O)NCCCC(C)N. The molecule has 17 heavy (non-hydrogen) atoms. The molecule has 0 aliphatic carbocycles. The zero-order valence-electron chi connectivity index (χ0n) is 10.3. The molecule has 1 unspecified atom stereocenters. The molecule has 5 nitrogen and oxygen atoms in total. The maximum atomic E-state index is 11.8. The van der Waals surface area contributed by atoms with E-state index in [2.05, 4.69) is 10.3 Å². The van der Waals surface area contributed by atoms with Crippen molar-refractivity contribution in [1.29, 1.82) is 0 Å². The van der Waals surface area contributed by atoms with Gasteiger partial charge in [-0.15, -0.1) is 0 Å². The standard InChI is InChI=1S/C12H19N3O2/c1-9(13)5-3-7-14-11(16)10-6-4-8-15-12(10)17-2/h4,6,8-9H,3,5,7,13H2,1-2H3,(H,14,16). The third kappa shape index (κ3) is 4.40. The summed E-state index contributed by atoms with van der Waals surface area (Å²) in [5, 5.41) is 2.81. The lowest BCUT2D eigenvalue weighted by Crippen LogP contribution is -2.26. The van der Waals surface area contributed by atoms with Crippen LogP contribution in [0.5, 0.6) is 5.88 Å². The number of methoxy groups -OCH3 is 1. The van der Waals surface area contributed by atoms with Crippen LogP contribution in [0.2, 0.25) is 0 Å². The highest BCUT2D eigenvalue weighted by Gasteiger charge is 2.11. The number of rotatable bonds is 6. The van der Waals surface area contributed by atoms with E-state index in [1.165, 1.54) is 7.11 Å². The van der Waals surface area contributed by atoms with Gasteiger partial charge >= 0.3 is 0 Å². The minimum atomic E-state index is -0.167. The van der Waals surface area contributed by atoms with Crippen LogP contribution in [0.25, 0.3) is 0 Å². The fourth-order valence-corrected chi connectivity index (χ4v) is 1.45. The van der Waals surface area contributed by atoms with Gasteiger partial charge in [-0.2, -0.15) is 0 Å². The van der Waals surface area contributed by atoms with E-state index in [-0.39, 0.29) is 11.9 Å². The number of nitrogens with one attached hydrogen (secondary N) is 1. The fraction of sp³-hybridized carbons (Fsp3) is 0.500. The van der Waals surface area contributed by atoms with Gasteiger partial charge in [0, 0.05) is 18.8 Å². The molecule has 0 aliphatic heterocycles. The van der Waals surface area contributed by atoms with Gasteiger partial charge in [-0.3, -0.25) is 4.79 Å². The molecule has 0 fully saturated rings. The Labute approximate surface area is 101 Å². The average Bonchev–Trinajstić information content (AvgIpc) is 2.34. The predicted octanol–water partition coefficient (Wildman–Crippen LogP) is 0.947. The molecular formula is C12H19N3O2. The summed E-state index contributed by atoms with van der Waals surface area (Å²) in [5.74, 6) is 0.178. The van der Waals surface area contributed by atoms with Crippen LogP contribution < -0.4 is 15.8 Å². The normalized spacial score (nSPS) is 11.9. The molecular weight excluding hydrogens is 218 g/mol. The summed E-state index contributed by atoms with van der Waals surface area (Å²) in [6.45, 7) is 2.56. The number of carbonyl (C=O) groups is 1. The van der Waals surface area contributed by atoms with Crippen molar-refractivity contribution in [3.63, 3.8) is 0 Å². The van der Waals surface area contributed by atoms with Gasteiger partial charge in [-0.05, 0) is 31.9 Å². The van der Waals surface area contributed by atoms with Gasteiger partial charge in [-0.1, -0.05) is 0 Å². The molecule has 1 rings (SSSR count). The molecule has 1 amide bonds. The van der Waals surface area contributed by atoms with Crippen molar-refractivity contribution in [2.75, 3.05) is 13.7 Å². The minimum Gasteiger partial charge on any atom is -0.480 e. The number of carbonyl (C=O) groups excluding carboxylic acids is 1. The van der Waals surface area contributed by atoms with Crippen molar-refractivity contribution < 1.29 is 9.53 Å². The highest BCUT2D eigenvalue weighted by molar-refractivity contribution is 5.96. The third-order valence-corrected chi connectivity index (χ3v) is 2.33. The largest absolute Gasteiger partial charge is 0.480 e. The van der Waals surface area contributed by atoms with Crippen LogP contribution in [0.1, 0.15) is 30.1 Å². The van der Waals surface area contributed by atoms with Crippen LogP contribution >= 0.6 is 0 Å². The molecule has 0 aromatic carbocycles. The first-order valence-electron chi connectivity index (χ1n) is 5.68. The molecule has 94 valence electrons. The maximum absolute atomic E-state index is 11.8. The highest BCUT2D eigenvalue weighted by atomic mass is 16.5. The molecule has 5 heteroatoms. The first kappa shape index (κ1) is 13.4. The lowest BCUT2D eigenvalue weighted by atomic mass is 10.2. The third-order valence-electron chi connectivity index (χ3n) is 2.33. The zero-order chi connectivity index (χ0) is 12.7. The van der Waals surface area contributed by atoms with Gasteiger partial charge in [0.1, 0.15) is 5.56 Å². The first-order chi connectivity index (χ1) is 8.15. The van der Waals surface area contributed by atoms with E-state index in [4.69, 9.17) is 10.5 Å². The Morgan fingerprint density at radius 2 is 2.41 bits per heavy atom. The van der Waals surface area contributed by atoms with E-state index >= 15 is 0 Å². The smallest absolute Gasteiger partial charge is 0.256 e. The number of pyridine rings is 1. The van der Waals surface area contributed by atoms with Crippen molar-refractivity contribution in [2.24, 2.45) is 5.73 Å². The Morgan fingerprint density at radius 3 is 3.06 bits per heavy atom. The van der Waals surface area contributed by atoms with Gasteiger partial charge < -0.3 is 15.8 Å². The quantitative estimate of drug-likeness (QED) is 0.722. The molecule has 1 aromatic rings. The molecule has 0 aliphatic rings. The summed E-state index contributed by atoms with van der Waals surface area (Å²) in [7, 11) is 1.50. The molecule has 0 saturated heterocycles. The summed E-state index contributed by atoms with van der Waals surface area (Å²) >= 11 is 0. The van der Waals surface area contributed by atoms with Gasteiger partial charge in [0.25, 0.3) is 5.91 Å². The van der Waals surface area contributed by atoms with Crippen LogP contribution in [0, 0.1) is 0 Å². The summed E-state index contributed by atoms with van der Waals surface area (Å²) in [6, 6.07) is 3.56. The van der Waals surface area contributed by atoms with Crippen molar-refractivity contribution >= 4 is 5.91 Å². The van der Waals surface area contributed by atoms with E-state index < -0.39 is 0 Å². The van der Waals surface area contributed by atoms with Crippen LogP contribution in [0.15, 0.2) is 18.3 Å². The summed E-state index contributed by atoms with van der Waals surface area (Å²) < 4.78 is 5.02. The molecule has 1 atom stereocenters. The predicted molar refractivity (Wildman–Crippen MR) is 66.0 cm³/mol. The molecule has 3 N–H and O–H groups in total. The van der Waals surface area contributed by atoms with Crippen molar-refractivity contribution in [1.82, 2.24) is 10.3 Å². The second-order valence-corrected chi connectivity index (χ2v) is 3.94. The molecule has 0 radical (unpaired) electrons. The Kier molecular flexibility index (Phi) is 5.42. The molecule has 1 aromatic heterocycles. The van der Waals surface area contributed by atoms with Crippen LogP contribution in [-0.2, 0) is 0 Å². The van der Waals surface area contributed by atoms with Gasteiger partial charge in [0.15, 0.2) is 0 Å². The van der Waals surface area contributed by atoms with Gasteiger partial charge in [0.2, 0.25) is 5.88 Å². The number of aromatic nitrogens is 1. The topological polar surface area (TPSA) is 77.2 Å².